The van der Waals surface area contributed by atoms with Crippen LogP contribution in [0.3, 0.4) is 0 Å². The van der Waals surface area contributed by atoms with E-state index in [2.05, 4.69) is 5.32 Å². The summed E-state index contributed by atoms with van der Waals surface area (Å²) >= 11 is 0. The van der Waals surface area contributed by atoms with Gasteiger partial charge in [0, 0.05) is 32.4 Å². The molecule has 0 bridgehead atoms. The van der Waals surface area contributed by atoms with Gasteiger partial charge in [0.2, 0.25) is 0 Å². The van der Waals surface area contributed by atoms with Gasteiger partial charge >= 0.3 is 6.09 Å². The minimum Gasteiger partial charge on any atom is -0.444 e. The van der Waals surface area contributed by atoms with Crippen LogP contribution in [0.4, 0.5) is 10.5 Å². The molecule has 1 aromatic carbocycles. The highest BCUT2D eigenvalue weighted by Crippen LogP contribution is 2.24. The molecule has 0 fully saturated rings. The van der Waals surface area contributed by atoms with Crippen LogP contribution in [0.15, 0.2) is 24.3 Å². The topological polar surface area (TPSA) is 71.1 Å². The monoisotopic (exact) mass is 377 g/mol. The van der Waals surface area contributed by atoms with Crippen LogP contribution in [0.2, 0.25) is 0 Å². The second kappa shape index (κ2) is 9.71. The lowest BCUT2D eigenvalue weighted by Crippen LogP contribution is -2.40. The maximum absolute atomic E-state index is 12.7. The summed E-state index contributed by atoms with van der Waals surface area (Å²) in [6.07, 6.45) is 0.462. The fourth-order valence-electron chi connectivity index (χ4n) is 2.96. The molecule has 27 heavy (non-hydrogen) atoms. The number of nitrogens with one attached hydrogen (secondary N) is 1. The first-order valence-electron chi connectivity index (χ1n) is 9.37. The summed E-state index contributed by atoms with van der Waals surface area (Å²) < 4.78 is 10.6. The molecule has 1 N–H and O–H groups in total. The SMILES string of the molecule is COCC(=O)N1CCCNCCN(C(=O)OC(C)(C)C)Cc2ccccc21. The molecule has 7 nitrogen and oxygen atoms in total. The molecule has 0 saturated carbocycles. The highest BCUT2D eigenvalue weighted by Gasteiger charge is 2.25. The molecule has 1 aliphatic rings. The Kier molecular flexibility index (Phi) is 7.62. The molecule has 0 spiro atoms. The Morgan fingerprint density at radius 2 is 1.89 bits per heavy atom. The molecule has 7 heteroatoms. The molecule has 1 heterocycles. The molecule has 0 atom stereocenters. The Bertz CT molecular complexity index is 642. The van der Waals surface area contributed by atoms with Crippen molar-refractivity contribution in [3.8, 4) is 0 Å². The van der Waals surface area contributed by atoms with E-state index in [1.54, 1.807) is 9.80 Å². The van der Waals surface area contributed by atoms with Crippen LogP contribution in [0, 0.1) is 0 Å². The van der Waals surface area contributed by atoms with Crippen LogP contribution in [0.1, 0.15) is 32.8 Å². The maximum Gasteiger partial charge on any atom is 0.410 e. The van der Waals surface area contributed by atoms with Gasteiger partial charge in [-0.25, -0.2) is 4.79 Å². The predicted molar refractivity (Wildman–Crippen MR) is 105 cm³/mol. The van der Waals surface area contributed by atoms with Crippen LogP contribution in [-0.4, -0.2) is 62.4 Å². The molecular formula is C20H31N3O4. The molecule has 150 valence electrons. The number of hydrogen-bond donors (Lipinski definition) is 1. The molecule has 0 radical (unpaired) electrons. The Morgan fingerprint density at radius 3 is 2.59 bits per heavy atom. The van der Waals surface area contributed by atoms with Crippen molar-refractivity contribution in [3.63, 3.8) is 0 Å². The number of benzene rings is 1. The van der Waals surface area contributed by atoms with E-state index in [0.29, 0.717) is 26.2 Å². The second-order valence-electron chi connectivity index (χ2n) is 7.61. The van der Waals surface area contributed by atoms with Crippen molar-refractivity contribution in [2.45, 2.75) is 39.3 Å². The van der Waals surface area contributed by atoms with Crippen LogP contribution >= 0.6 is 0 Å². The number of fused-ring (bicyclic) bond motifs is 1. The van der Waals surface area contributed by atoms with Gasteiger partial charge in [0.1, 0.15) is 12.2 Å². The molecule has 2 amide bonds. The van der Waals surface area contributed by atoms with E-state index in [9.17, 15) is 9.59 Å². The Labute approximate surface area is 161 Å². The van der Waals surface area contributed by atoms with Gasteiger partial charge in [0.05, 0.1) is 6.54 Å². The number of carbonyl (C=O) groups excluding carboxylic acids is 2. The molecule has 0 unspecified atom stereocenters. The third-order valence-electron chi connectivity index (χ3n) is 4.16. The number of ether oxygens (including phenoxy) is 2. The molecule has 0 aliphatic carbocycles. The molecule has 1 aromatic rings. The number of methoxy groups -OCH3 is 1. The summed E-state index contributed by atoms with van der Waals surface area (Å²) in [6.45, 7) is 8.54. The van der Waals surface area contributed by atoms with E-state index in [-0.39, 0.29) is 18.6 Å². The van der Waals surface area contributed by atoms with Crippen molar-refractivity contribution in [1.29, 1.82) is 0 Å². The van der Waals surface area contributed by atoms with Crippen molar-refractivity contribution in [3.05, 3.63) is 29.8 Å². The molecule has 2 rings (SSSR count). The van der Waals surface area contributed by atoms with E-state index in [1.165, 1.54) is 7.11 Å². The third-order valence-corrected chi connectivity index (χ3v) is 4.16. The zero-order chi connectivity index (χ0) is 19.9. The number of rotatable bonds is 2. The summed E-state index contributed by atoms with van der Waals surface area (Å²) in [5, 5.41) is 3.33. The average Bonchev–Trinajstić information content (AvgIpc) is 2.63. The number of hydrogen-bond acceptors (Lipinski definition) is 5. The summed E-state index contributed by atoms with van der Waals surface area (Å²) in [7, 11) is 1.52. The first kappa shape index (κ1) is 21.2. The number of para-hydroxylation sites is 1. The van der Waals surface area contributed by atoms with Gasteiger partial charge in [0.25, 0.3) is 5.91 Å². The van der Waals surface area contributed by atoms with Crippen LogP contribution in [-0.2, 0) is 20.8 Å². The standard InChI is InChI=1S/C20H31N3O4/c1-20(2,3)27-19(25)22-13-11-21-10-7-12-23(18(24)15-26-4)17-9-6-5-8-16(17)14-22/h5-6,8-9,21H,7,10-15H2,1-4H3. The highest BCUT2D eigenvalue weighted by molar-refractivity contribution is 5.95. The number of nitrogens with zero attached hydrogens (tertiary/aromatic N) is 2. The predicted octanol–water partition coefficient (Wildman–Crippen LogP) is 2.40. The van der Waals surface area contributed by atoms with Gasteiger partial charge in [-0.1, -0.05) is 18.2 Å². The van der Waals surface area contributed by atoms with Crippen molar-refractivity contribution in [2.75, 3.05) is 44.8 Å². The lowest BCUT2D eigenvalue weighted by molar-refractivity contribution is -0.122. The normalized spacial score (nSPS) is 16.3. The molecule has 1 aliphatic heterocycles. The smallest absolute Gasteiger partial charge is 0.410 e. The zero-order valence-corrected chi connectivity index (χ0v) is 16.8. The van der Waals surface area contributed by atoms with Crippen molar-refractivity contribution < 1.29 is 19.1 Å². The van der Waals surface area contributed by atoms with E-state index in [0.717, 1.165) is 24.2 Å². The van der Waals surface area contributed by atoms with Crippen molar-refractivity contribution in [1.82, 2.24) is 10.2 Å². The van der Waals surface area contributed by atoms with Crippen LogP contribution in [0.5, 0.6) is 0 Å². The average molecular weight is 377 g/mol. The van der Waals surface area contributed by atoms with E-state index < -0.39 is 5.60 Å². The zero-order valence-electron chi connectivity index (χ0n) is 16.8. The van der Waals surface area contributed by atoms with Gasteiger partial charge in [0.15, 0.2) is 0 Å². The van der Waals surface area contributed by atoms with Gasteiger partial charge in [-0.05, 0) is 45.4 Å². The minimum atomic E-state index is -0.559. The van der Waals surface area contributed by atoms with Crippen LogP contribution < -0.4 is 10.2 Å². The molecule has 0 aromatic heterocycles. The fourth-order valence-corrected chi connectivity index (χ4v) is 2.96. The second-order valence-corrected chi connectivity index (χ2v) is 7.61. The number of carbonyl (C=O) groups is 2. The van der Waals surface area contributed by atoms with Crippen molar-refractivity contribution in [2.24, 2.45) is 0 Å². The Hall–Kier alpha value is -2.12. The largest absolute Gasteiger partial charge is 0.444 e. The molecule has 0 saturated heterocycles. The summed E-state index contributed by atoms with van der Waals surface area (Å²) in [4.78, 5) is 28.7. The summed E-state index contributed by atoms with van der Waals surface area (Å²) in [5.74, 6) is -0.0898. The Balaban J connectivity index is 2.32. The number of amides is 2. The third kappa shape index (κ3) is 6.52. The lowest BCUT2D eigenvalue weighted by atomic mass is 10.1. The Morgan fingerprint density at radius 1 is 1.15 bits per heavy atom. The number of anilines is 1. The first-order valence-corrected chi connectivity index (χ1v) is 9.37. The van der Waals surface area contributed by atoms with Gasteiger partial charge < -0.3 is 24.6 Å². The van der Waals surface area contributed by atoms with E-state index in [1.807, 2.05) is 45.0 Å². The van der Waals surface area contributed by atoms with Gasteiger partial charge in [-0.3, -0.25) is 4.79 Å². The van der Waals surface area contributed by atoms with E-state index >= 15 is 0 Å². The lowest BCUT2D eigenvalue weighted by Gasteiger charge is -2.29. The van der Waals surface area contributed by atoms with Crippen molar-refractivity contribution >= 4 is 17.7 Å². The molecular weight excluding hydrogens is 346 g/mol. The summed E-state index contributed by atoms with van der Waals surface area (Å²) in [6, 6.07) is 7.69. The quantitative estimate of drug-likeness (QED) is 0.857. The minimum absolute atomic E-state index is 0.0253. The highest BCUT2D eigenvalue weighted by atomic mass is 16.6. The van der Waals surface area contributed by atoms with E-state index in [4.69, 9.17) is 9.47 Å². The van der Waals surface area contributed by atoms with Gasteiger partial charge in [-0.15, -0.1) is 0 Å². The van der Waals surface area contributed by atoms with Gasteiger partial charge in [-0.2, -0.15) is 0 Å². The maximum atomic E-state index is 12.7. The van der Waals surface area contributed by atoms with Crippen LogP contribution in [0.25, 0.3) is 0 Å². The first-order chi connectivity index (χ1) is 12.8. The summed E-state index contributed by atoms with van der Waals surface area (Å²) in [5.41, 5.74) is 1.17. The fraction of sp³-hybridized carbons (Fsp3) is 0.600.